The van der Waals surface area contributed by atoms with Crippen LogP contribution in [0.25, 0.3) is 0 Å². The lowest BCUT2D eigenvalue weighted by Gasteiger charge is -2.37. The largest absolute Gasteiger partial charge is 0.496 e. The maximum atomic E-state index is 10.0. The van der Waals surface area contributed by atoms with E-state index < -0.39 is 5.60 Å². The molecule has 1 aliphatic carbocycles. The first-order chi connectivity index (χ1) is 8.64. The molecule has 0 amide bonds. The summed E-state index contributed by atoms with van der Waals surface area (Å²) in [7, 11) is 1.70. The van der Waals surface area contributed by atoms with E-state index >= 15 is 0 Å². The van der Waals surface area contributed by atoms with Crippen molar-refractivity contribution in [2.75, 3.05) is 13.7 Å². The van der Waals surface area contributed by atoms with Gasteiger partial charge in [0.05, 0.1) is 12.7 Å². The molecule has 1 saturated carbocycles. The molecule has 1 aliphatic rings. The molecular weight excluding hydrogens is 226 g/mol. The Morgan fingerprint density at radius 1 is 1.39 bits per heavy atom. The summed E-state index contributed by atoms with van der Waals surface area (Å²) in [5.41, 5.74) is 0.772. The fourth-order valence-electron chi connectivity index (χ4n) is 2.49. The summed E-state index contributed by atoms with van der Waals surface area (Å²) in [6.07, 6.45) is 3.92. The van der Waals surface area contributed by atoms with Crippen molar-refractivity contribution >= 4 is 0 Å². The summed E-state index contributed by atoms with van der Waals surface area (Å²) >= 11 is 0. The molecule has 0 bridgehead atoms. The van der Waals surface area contributed by atoms with Crippen LogP contribution in [0.5, 0.6) is 5.75 Å². The van der Waals surface area contributed by atoms with Crippen molar-refractivity contribution in [2.45, 2.75) is 44.2 Å². The fraction of sp³-hybridized carbons (Fsp3) is 0.600. The lowest BCUT2D eigenvalue weighted by molar-refractivity contribution is -0.0398. The second kappa shape index (κ2) is 5.72. The van der Waals surface area contributed by atoms with E-state index in [1.165, 1.54) is 12.0 Å². The normalized spacial score (nSPS) is 19.1. The van der Waals surface area contributed by atoms with E-state index in [0.29, 0.717) is 0 Å². The second-order valence-corrected chi connectivity index (χ2v) is 5.25. The van der Waals surface area contributed by atoms with Crippen LogP contribution in [-0.2, 0) is 0 Å². The zero-order chi connectivity index (χ0) is 13.0. The molecule has 1 fully saturated rings. The van der Waals surface area contributed by atoms with Gasteiger partial charge >= 0.3 is 0 Å². The van der Waals surface area contributed by atoms with Gasteiger partial charge in [0, 0.05) is 11.6 Å². The number of methoxy groups -OCH3 is 1. The Labute approximate surface area is 109 Å². The summed E-state index contributed by atoms with van der Waals surface area (Å²) in [5.74, 6) is 0.917. The van der Waals surface area contributed by atoms with Gasteiger partial charge < -0.3 is 15.2 Å². The van der Waals surface area contributed by atoms with E-state index in [1.807, 2.05) is 18.2 Å². The van der Waals surface area contributed by atoms with Crippen LogP contribution in [-0.4, -0.2) is 24.4 Å². The molecule has 1 aromatic rings. The van der Waals surface area contributed by atoms with Gasteiger partial charge in [-0.25, -0.2) is 0 Å². The Morgan fingerprint density at radius 3 is 2.72 bits per heavy atom. The molecule has 1 atom stereocenters. The predicted molar refractivity (Wildman–Crippen MR) is 72.8 cm³/mol. The van der Waals surface area contributed by atoms with Crippen molar-refractivity contribution in [1.82, 2.24) is 5.32 Å². The van der Waals surface area contributed by atoms with E-state index in [2.05, 4.69) is 18.3 Å². The Hall–Kier alpha value is -1.06. The Balaban J connectivity index is 1.85. The van der Waals surface area contributed by atoms with Gasteiger partial charge in [-0.15, -0.1) is 0 Å². The lowest BCUT2D eigenvalue weighted by Crippen LogP contribution is -2.39. The van der Waals surface area contributed by atoms with Crippen LogP contribution in [0.4, 0.5) is 0 Å². The van der Waals surface area contributed by atoms with Crippen LogP contribution < -0.4 is 10.1 Å². The topological polar surface area (TPSA) is 41.5 Å². The van der Waals surface area contributed by atoms with Crippen molar-refractivity contribution in [3.8, 4) is 5.75 Å². The summed E-state index contributed by atoms with van der Waals surface area (Å²) < 4.78 is 5.36. The first-order valence-corrected chi connectivity index (χ1v) is 6.73. The monoisotopic (exact) mass is 249 g/mol. The van der Waals surface area contributed by atoms with Crippen LogP contribution in [0.2, 0.25) is 0 Å². The van der Waals surface area contributed by atoms with E-state index in [4.69, 9.17) is 4.74 Å². The molecule has 0 spiro atoms. The number of para-hydroxylation sites is 1. The SMILES string of the molecule is COc1ccccc1[C@H](C)NCCC1(O)CCC1. The zero-order valence-electron chi connectivity index (χ0n) is 11.3. The van der Waals surface area contributed by atoms with Crippen LogP contribution in [0.15, 0.2) is 24.3 Å². The number of hydrogen-bond acceptors (Lipinski definition) is 3. The summed E-state index contributed by atoms with van der Waals surface area (Å²) in [6.45, 7) is 2.97. The number of nitrogens with one attached hydrogen (secondary N) is 1. The van der Waals surface area contributed by atoms with E-state index in [9.17, 15) is 5.11 Å². The predicted octanol–water partition coefficient (Wildman–Crippen LogP) is 2.65. The van der Waals surface area contributed by atoms with Crippen LogP contribution in [0.1, 0.15) is 44.2 Å². The minimum absolute atomic E-state index is 0.241. The minimum atomic E-state index is -0.395. The lowest BCUT2D eigenvalue weighted by atomic mass is 9.78. The van der Waals surface area contributed by atoms with E-state index in [-0.39, 0.29) is 6.04 Å². The molecular formula is C15H23NO2. The standard InChI is InChI=1S/C15H23NO2/c1-12(13-6-3-4-7-14(13)18-2)16-11-10-15(17)8-5-9-15/h3-4,6-7,12,16-17H,5,8-11H2,1-2H3/t12-/m0/s1. The molecule has 100 valence electrons. The number of ether oxygens (including phenoxy) is 1. The second-order valence-electron chi connectivity index (χ2n) is 5.25. The first kappa shape index (κ1) is 13.4. The highest BCUT2D eigenvalue weighted by molar-refractivity contribution is 5.35. The molecule has 0 aliphatic heterocycles. The quantitative estimate of drug-likeness (QED) is 0.814. The van der Waals surface area contributed by atoms with Crippen molar-refractivity contribution < 1.29 is 9.84 Å². The van der Waals surface area contributed by atoms with Gasteiger partial charge in [0.25, 0.3) is 0 Å². The van der Waals surface area contributed by atoms with Gasteiger partial charge in [0.1, 0.15) is 5.75 Å². The molecule has 2 N–H and O–H groups in total. The average molecular weight is 249 g/mol. The van der Waals surface area contributed by atoms with Crippen molar-refractivity contribution in [1.29, 1.82) is 0 Å². The first-order valence-electron chi connectivity index (χ1n) is 6.73. The number of benzene rings is 1. The minimum Gasteiger partial charge on any atom is -0.496 e. The molecule has 0 radical (unpaired) electrons. The van der Waals surface area contributed by atoms with Gasteiger partial charge in [-0.3, -0.25) is 0 Å². The third kappa shape index (κ3) is 3.03. The number of aliphatic hydroxyl groups is 1. The molecule has 0 aromatic heterocycles. The third-order valence-corrected chi connectivity index (χ3v) is 3.93. The molecule has 0 unspecified atom stereocenters. The molecule has 3 nitrogen and oxygen atoms in total. The summed E-state index contributed by atoms with van der Waals surface area (Å²) in [5, 5.41) is 13.5. The molecule has 2 rings (SSSR count). The highest BCUT2D eigenvalue weighted by atomic mass is 16.5. The number of hydrogen-bond donors (Lipinski definition) is 2. The van der Waals surface area contributed by atoms with Gasteiger partial charge in [0.15, 0.2) is 0 Å². The van der Waals surface area contributed by atoms with Gasteiger partial charge in [0.2, 0.25) is 0 Å². The zero-order valence-corrected chi connectivity index (χ0v) is 11.3. The average Bonchev–Trinajstić information content (AvgIpc) is 2.36. The van der Waals surface area contributed by atoms with Gasteiger partial charge in [-0.1, -0.05) is 18.2 Å². The maximum absolute atomic E-state index is 10.0. The Morgan fingerprint density at radius 2 is 2.11 bits per heavy atom. The third-order valence-electron chi connectivity index (χ3n) is 3.93. The van der Waals surface area contributed by atoms with Crippen LogP contribution in [0.3, 0.4) is 0 Å². The fourth-order valence-corrected chi connectivity index (χ4v) is 2.49. The van der Waals surface area contributed by atoms with E-state index in [0.717, 1.165) is 31.6 Å². The highest BCUT2D eigenvalue weighted by Gasteiger charge is 2.33. The van der Waals surface area contributed by atoms with Gasteiger partial charge in [-0.05, 0) is 45.2 Å². The molecule has 18 heavy (non-hydrogen) atoms. The maximum Gasteiger partial charge on any atom is 0.123 e. The van der Waals surface area contributed by atoms with E-state index in [1.54, 1.807) is 7.11 Å². The smallest absolute Gasteiger partial charge is 0.123 e. The molecule has 1 aromatic carbocycles. The molecule has 0 saturated heterocycles. The number of rotatable bonds is 6. The van der Waals surface area contributed by atoms with Crippen molar-refractivity contribution in [3.63, 3.8) is 0 Å². The van der Waals surface area contributed by atoms with Crippen LogP contribution >= 0.6 is 0 Å². The van der Waals surface area contributed by atoms with Crippen LogP contribution in [0, 0.1) is 0 Å². The Kier molecular flexibility index (Phi) is 4.25. The summed E-state index contributed by atoms with van der Waals surface area (Å²) in [6, 6.07) is 8.30. The summed E-state index contributed by atoms with van der Waals surface area (Å²) in [4.78, 5) is 0. The molecule has 0 heterocycles. The van der Waals surface area contributed by atoms with Crippen molar-refractivity contribution in [2.24, 2.45) is 0 Å². The Bertz CT molecular complexity index is 388. The molecule has 3 heteroatoms. The van der Waals surface area contributed by atoms with Crippen molar-refractivity contribution in [3.05, 3.63) is 29.8 Å². The highest BCUT2D eigenvalue weighted by Crippen LogP contribution is 2.34. The van der Waals surface area contributed by atoms with Gasteiger partial charge in [-0.2, -0.15) is 0 Å².